The second-order valence-corrected chi connectivity index (χ2v) is 8.58. The van der Waals surface area contributed by atoms with Crippen molar-refractivity contribution in [1.82, 2.24) is 0 Å². The number of hydrogen-bond acceptors (Lipinski definition) is 4. The van der Waals surface area contributed by atoms with Crippen LogP contribution in [0.4, 0.5) is 0 Å². The maximum absolute atomic E-state index is 11.6. The number of esters is 1. The second-order valence-electron chi connectivity index (χ2n) is 5.49. The van der Waals surface area contributed by atoms with Gasteiger partial charge in [0.15, 0.2) is 5.60 Å². The van der Waals surface area contributed by atoms with Crippen LogP contribution in [0, 0.1) is 0 Å². The molecule has 3 aliphatic heterocycles. The quantitative estimate of drug-likeness (QED) is 0.594. The first-order valence-electron chi connectivity index (χ1n) is 6.58. The molecule has 0 saturated carbocycles. The molecule has 0 amide bonds. The molecule has 3 fully saturated rings. The molecule has 2 bridgehead atoms. The van der Waals surface area contributed by atoms with Crippen molar-refractivity contribution >= 4 is 52.5 Å². The van der Waals surface area contributed by atoms with Crippen molar-refractivity contribution in [1.29, 1.82) is 0 Å². The Labute approximate surface area is 141 Å². The van der Waals surface area contributed by atoms with Gasteiger partial charge < -0.3 is 9.47 Å². The van der Waals surface area contributed by atoms with Gasteiger partial charge in [0.05, 0.1) is 16.7 Å². The van der Waals surface area contributed by atoms with E-state index in [-0.39, 0.29) is 22.8 Å². The van der Waals surface area contributed by atoms with Crippen LogP contribution in [0.1, 0.15) is 6.42 Å². The van der Waals surface area contributed by atoms with Crippen LogP contribution >= 0.6 is 46.6 Å². The lowest BCUT2D eigenvalue weighted by Gasteiger charge is -2.52. The number of hydrogen-bond donors (Lipinski definition) is 0. The van der Waals surface area contributed by atoms with E-state index in [1.54, 1.807) is 11.8 Å². The first-order chi connectivity index (χ1) is 9.96. The fourth-order valence-electron chi connectivity index (χ4n) is 3.28. The minimum Gasteiger partial charge on any atom is -0.450 e. The van der Waals surface area contributed by atoms with Crippen LogP contribution in [0.25, 0.3) is 0 Å². The van der Waals surface area contributed by atoms with Crippen molar-refractivity contribution in [3.63, 3.8) is 0 Å². The largest absolute Gasteiger partial charge is 0.450 e. The Hall–Kier alpha value is -0.130. The molecular formula is C14H11Cl3O3S. The summed E-state index contributed by atoms with van der Waals surface area (Å²) in [5, 5.41) is -0.216. The van der Waals surface area contributed by atoms with Crippen molar-refractivity contribution in [2.75, 3.05) is 0 Å². The van der Waals surface area contributed by atoms with Gasteiger partial charge in [-0.2, -0.15) is 0 Å². The van der Waals surface area contributed by atoms with Gasteiger partial charge in [-0.15, -0.1) is 23.4 Å². The van der Waals surface area contributed by atoms with Crippen molar-refractivity contribution in [2.45, 2.75) is 44.1 Å². The van der Waals surface area contributed by atoms with Gasteiger partial charge in [-0.1, -0.05) is 41.4 Å². The van der Waals surface area contributed by atoms with E-state index in [0.717, 1.165) is 4.90 Å². The van der Waals surface area contributed by atoms with Gasteiger partial charge in [-0.25, -0.2) is 4.79 Å². The third-order valence-electron chi connectivity index (χ3n) is 4.33. The number of carbonyl (C=O) groups excluding carboxylic acids is 1. The van der Waals surface area contributed by atoms with Crippen LogP contribution < -0.4 is 0 Å². The van der Waals surface area contributed by atoms with E-state index < -0.39 is 15.9 Å². The van der Waals surface area contributed by atoms with Gasteiger partial charge in [0, 0.05) is 11.3 Å². The van der Waals surface area contributed by atoms with Gasteiger partial charge in [0.25, 0.3) is 4.33 Å². The number of carbonyl (C=O) groups is 1. The van der Waals surface area contributed by atoms with E-state index in [0.29, 0.717) is 6.42 Å². The summed E-state index contributed by atoms with van der Waals surface area (Å²) in [5.74, 6) is -0.600. The first-order valence-corrected chi connectivity index (χ1v) is 8.65. The Kier molecular flexibility index (Phi) is 3.22. The summed E-state index contributed by atoms with van der Waals surface area (Å²) in [7, 11) is 0. The number of thioether (sulfide) groups is 1. The van der Waals surface area contributed by atoms with E-state index in [4.69, 9.17) is 44.3 Å². The summed E-state index contributed by atoms with van der Waals surface area (Å²) >= 11 is 20.5. The van der Waals surface area contributed by atoms with E-state index in [2.05, 4.69) is 0 Å². The molecule has 1 aromatic rings. The molecule has 0 unspecified atom stereocenters. The molecule has 0 aromatic heterocycles. The van der Waals surface area contributed by atoms with Gasteiger partial charge in [-0.3, -0.25) is 0 Å². The standard InChI is InChI=1S/C14H11Cl3O3S/c15-9-8-6-13(14(16,17)12(18)20-13)11(19-8)10(9)21-7-4-2-1-3-5-7/h1-5,8-11H,6H2/t8-,9+,10-,11-,13-/m0/s1. The van der Waals surface area contributed by atoms with Gasteiger partial charge >= 0.3 is 5.97 Å². The lowest BCUT2D eigenvalue weighted by atomic mass is 9.77. The first kappa shape index (κ1) is 14.5. The predicted molar refractivity (Wildman–Crippen MR) is 82.3 cm³/mol. The molecule has 1 spiro atoms. The summed E-state index contributed by atoms with van der Waals surface area (Å²) in [4.78, 5) is 12.6. The topological polar surface area (TPSA) is 35.5 Å². The minimum atomic E-state index is -1.54. The third kappa shape index (κ3) is 1.83. The molecule has 0 N–H and O–H groups in total. The molecule has 3 saturated heterocycles. The molecule has 0 radical (unpaired) electrons. The second kappa shape index (κ2) is 4.68. The maximum Gasteiger partial charge on any atom is 0.347 e. The lowest BCUT2D eigenvalue weighted by Crippen LogP contribution is -2.73. The highest BCUT2D eigenvalue weighted by molar-refractivity contribution is 8.00. The van der Waals surface area contributed by atoms with Crippen molar-refractivity contribution in [3.8, 4) is 0 Å². The van der Waals surface area contributed by atoms with Crippen molar-refractivity contribution < 1.29 is 14.3 Å². The zero-order valence-corrected chi connectivity index (χ0v) is 13.8. The molecule has 112 valence electrons. The Bertz CT molecular complexity index is 596. The average Bonchev–Trinajstić information content (AvgIpc) is 2.99. The summed E-state index contributed by atoms with van der Waals surface area (Å²) in [5.41, 5.74) is -0.963. The van der Waals surface area contributed by atoms with Crippen LogP contribution in [0.15, 0.2) is 35.2 Å². The van der Waals surface area contributed by atoms with Gasteiger partial charge in [-0.05, 0) is 12.1 Å². The van der Waals surface area contributed by atoms with E-state index in [9.17, 15) is 4.79 Å². The zero-order chi connectivity index (χ0) is 14.8. The Morgan fingerprint density at radius 2 is 1.95 bits per heavy atom. The average molecular weight is 366 g/mol. The third-order valence-corrected chi connectivity index (χ3v) is 7.34. The molecular weight excluding hydrogens is 355 g/mol. The monoisotopic (exact) mass is 364 g/mol. The maximum atomic E-state index is 11.6. The minimum absolute atomic E-state index is 0.0576. The van der Waals surface area contributed by atoms with Gasteiger partial charge in [0.2, 0.25) is 0 Å². The molecule has 0 aliphatic carbocycles. The number of halogens is 3. The van der Waals surface area contributed by atoms with Crippen LogP contribution in [0.2, 0.25) is 0 Å². The Balaban J connectivity index is 1.63. The highest BCUT2D eigenvalue weighted by Crippen LogP contribution is 2.62. The molecule has 3 nitrogen and oxygen atoms in total. The van der Waals surface area contributed by atoms with Crippen LogP contribution in [-0.2, 0) is 14.3 Å². The number of benzene rings is 1. The Morgan fingerprint density at radius 3 is 2.52 bits per heavy atom. The van der Waals surface area contributed by atoms with E-state index in [1.807, 2.05) is 30.3 Å². The summed E-state index contributed by atoms with van der Waals surface area (Å²) < 4.78 is 9.72. The molecule has 5 atom stereocenters. The smallest absolute Gasteiger partial charge is 0.347 e. The number of alkyl halides is 3. The van der Waals surface area contributed by atoms with Crippen LogP contribution in [-0.4, -0.2) is 38.7 Å². The normalized spacial score (nSPS) is 42.9. The molecule has 3 heterocycles. The van der Waals surface area contributed by atoms with E-state index in [1.165, 1.54) is 0 Å². The number of fused-ring (bicyclic) bond motifs is 3. The zero-order valence-electron chi connectivity index (χ0n) is 10.7. The summed E-state index contributed by atoms with van der Waals surface area (Å²) in [6, 6.07) is 9.90. The molecule has 3 aliphatic rings. The molecule has 21 heavy (non-hydrogen) atoms. The van der Waals surface area contributed by atoms with Crippen LogP contribution in [0.5, 0.6) is 0 Å². The number of ether oxygens (including phenoxy) is 2. The van der Waals surface area contributed by atoms with Gasteiger partial charge in [0.1, 0.15) is 6.10 Å². The molecule has 7 heteroatoms. The predicted octanol–water partition coefficient (Wildman–Crippen LogP) is 3.40. The highest BCUT2D eigenvalue weighted by Gasteiger charge is 2.79. The summed E-state index contributed by atoms with van der Waals surface area (Å²) in [6.07, 6.45) is -0.123. The van der Waals surface area contributed by atoms with Crippen molar-refractivity contribution in [2.24, 2.45) is 0 Å². The highest BCUT2D eigenvalue weighted by atomic mass is 35.5. The summed E-state index contributed by atoms with van der Waals surface area (Å²) in [6.45, 7) is 0. The fraction of sp³-hybridized carbons (Fsp3) is 0.500. The lowest BCUT2D eigenvalue weighted by molar-refractivity contribution is -0.204. The fourth-order valence-corrected chi connectivity index (χ4v) is 5.58. The molecule has 4 rings (SSSR count). The SMILES string of the molecule is O=C1O[C@]2(C[C@@H]3O[C@H]2[C@@H](Sc2ccccc2)[C@@H]3Cl)C1(Cl)Cl. The van der Waals surface area contributed by atoms with Crippen LogP contribution in [0.3, 0.4) is 0 Å². The molecule has 1 aromatic carbocycles. The van der Waals surface area contributed by atoms with Crippen molar-refractivity contribution in [3.05, 3.63) is 30.3 Å². The number of rotatable bonds is 2. The Morgan fingerprint density at radius 1 is 1.24 bits per heavy atom. The van der Waals surface area contributed by atoms with E-state index >= 15 is 0 Å².